The topological polar surface area (TPSA) is 30.5 Å². The molecule has 0 aliphatic carbocycles. The van der Waals surface area contributed by atoms with Crippen LogP contribution in [0.3, 0.4) is 0 Å². The maximum absolute atomic E-state index is 14.3. The maximum Gasteiger partial charge on any atom is 0.491 e. The Bertz CT molecular complexity index is 655. The number of hydrogen-bond donors (Lipinski definition) is 1. The van der Waals surface area contributed by atoms with Gasteiger partial charge in [0, 0.05) is 12.1 Å². The van der Waals surface area contributed by atoms with E-state index in [0.717, 1.165) is 6.07 Å². The molecule has 25 heavy (non-hydrogen) atoms. The molecule has 0 radical (unpaired) electrons. The Morgan fingerprint density at radius 1 is 1.16 bits per heavy atom. The van der Waals surface area contributed by atoms with Crippen LogP contribution in [-0.2, 0) is 15.5 Å². The van der Waals surface area contributed by atoms with E-state index in [1.807, 2.05) is 27.7 Å². The zero-order valence-electron chi connectivity index (χ0n) is 14.9. The molecule has 0 atom stereocenters. The van der Waals surface area contributed by atoms with E-state index in [0.29, 0.717) is 5.47 Å². The molecule has 1 fully saturated rings. The van der Waals surface area contributed by atoms with Crippen molar-refractivity contribution in [3.05, 3.63) is 40.6 Å². The maximum atomic E-state index is 14.3. The van der Waals surface area contributed by atoms with Gasteiger partial charge in [-0.05, 0) is 46.3 Å². The fraction of sp³-hybridized carbons (Fsp3) is 0.529. The molecule has 1 N–H and O–H groups in total. The van der Waals surface area contributed by atoms with Gasteiger partial charge in [0.1, 0.15) is 5.82 Å². The normalized spacial score (nSPS) is 20.2. The third-order valence-electron chi connectivity index (χ3n) is 4.61. The summed E-state index contributed by atoms with van der Waals surface area (Å²) in [5.41, 5.74) is -2.14. The number of likely N-dealkylation sites (N-methyl/N-ethyl adjacent to an activating group) is 1. The Kier molecular flexibility index (Phi) is 5.38. The van der Waals surface area contributed by atoms with E-state index >= 15 is 0 Å². The highest BCUT2D eigenvalue weighted by Gasteiger charge is 2.52. The van der Waals surface area contributed by atoms with Crippen LogP contribution in [0.5, 0.6) is 0 Å². The molecule has 0 bridgehead atoms. The summed E-state index contributed by atoms with van der Waals surface area (Å²) >= 11 is 0. The van der Waals surface area contributed by atoms with Crippen LogP contribution in [0, 0.1) is 5.82 Å². The predicted molar refractivity (Wildman–Crippen MR) is 89.4 cm³/mol. The van der Waals surface area contributed by atoms with Crippen LogP contribution in [0.1, 0.15) is 38.8 Å². The summed E-state index contributed by atoms with van der Waals surface area (Å²) in [6.07, 6.45) is -3.40. The fourth-order valence-corrected chi connectivity index (χ4v) is 2.48. The molecule has 0 saturated carbocycles. The van der Waals surface area contributed by atoms with Gasteiger partial charge in [0.05, 0.1) is 16.8 Å². The second kappa shape index (κ2) is 6.74. The van der Waals surface area contributed by atoms with Crippen molar-refractivity contribution >= 4 is 13.2 Å². The van der Waals surface area contributed by atoms with Crippen LogP contribution < -0.4 is 5.32 Å². The Hall–Kier alpha value is -1.38. The third-order valence-corrected chi connectivity index (χ3v) is 4.61. The summed E-state index contributed by atoms with van der Waals surface area (Å²) in [7, 11) is 0.910. The lowest BCUT2D eigenvalue weighted by Gasteiger charge is -2.32. The number of alkyl halides is 3. The Labute approximate surface area is 145 Å². The van der Waals surface area contributed by atoms with Crippen LogP contribution in [-0.4, -0.2) is 31.9 Å². The van der Waals surface area contributed by atoms with E-state index in [1.165, 1.54) is 18.2 Å². The number of benzene rings is 1. The molecule has 1 aliphatic heterocycles. The minimum Gasteiger partial charge on any atom is -0.400 e. The summed E-state index contributed by atoms with van der Waals surface area (Å²) in [4.78, 5) is 0. The molecule has 2 rings (SSSR count). The highest BCUT2D eigenvalue weighted by atomic mass is 19.4. The first-order chi connectivity index (χ1) is 11.4. The van der Waals surface area contributed by atoms with E-state index in [9.17, 15) is 17.6 Å². The standard InChI is InChI=1S/C17H22BF4NO2/c1-15(2)16(3,4)25-18(24-15)12(10-23-5)9-11-7-6-8-13(14(11)19)17(20,21)22/h6-9,23H,10H2,1-5H3. The lowest BCUT2D eigenvalue weighted by molar-refractivity contribution is -0.140. The largest absolute Gasteiger partial charge is 0.491 e. The van der Waals surface area contributed by atoms with Crippen LogP contribution in [0.15, 0.2) is 23.7 Å². The molecule has 0 aromatic heterocycles. The van der Waals surface area contributed by atoms with Gasteiger partial charge in [0.25, 0.3) is 0 Å². The fourth-order valence-electron chi connectivity index (χ4n) is 2.48. The lowest BCUT2D eigenvalue weighted by Crippen LogP contribution is -2.41. The van der Waals surface area contributed by atoms with Gasteiger partial charge in [-0.3, -0.25) is 0 Å². The van der Waals surface area contributed by atoms with Gasteiger partial charge >= 0.3 is 13.3 Å². The van der Waals surface area contributed by atoms with Gasteiger partial charge in [0.15, 0.2) is 0 Å². The van der Waals surface area contributed by atoms with E-state index in [-0.39, 0.29) is 12.1 Å². The van der Waals surface area contributed by atoms with E-state index < -0.39 is 35.9 Å². The first-order valence-electron chi connectivity index (χ1n) is 7.95. The van der Waals surface area contributed by atoms with Crippen LogP contribution >= 0.6 is 0 Å². The monoisotopic (exact) mass is 359 g/mol. The SMILES string of the molecule is CNCC(=Cc1cccc(C(F)(F)F)c1F)B1OC(C)(C)C(C)(C)O1. The summed E-state index contributed by atoms with van der Waals surface area (Å²) in [6, 6.07) is 3.20. The Morgan fingerprint density at radius 3 is 2.20 bits per heavy atom. The molecule has 1 aromatic carbocycles. The van der Waals surface area contributed by atoms with Crippen molar-refractivity contribution in [2.45, 2.75) is 45.1 Å². The second-order valence-electron chi connectivity index (χ2n) is 7.04. The van der Waals surface area contributed by atoms with Crippen LogP contribution in [0.25, 0.3) is 6.08 Å². The molecule has 1 heterocycles. The summed E-state index contributed by atoms with van der Waals surface area (Å²) in [6.45, 7) is 7.76. The molecule has 138 valence electrons. The molecule has 3 nitrogen and oxygen atoms in total. The van der Waals surface area contributed by atoms with E-state index in [4.69, 9.17) is 9.31 Å². The molecular weight excluding hydrogens is 337 g/mol. The molecule has 0 amide bonds. The molecule has 0 spiro atoms. The van der Waals surface area contributed by atoms with Gasteiger partial charge in [-0.15, -0.1) is 0 Å². The third kappa shape index (κ3) is 4.07. The van der Waals surface area contributed by atoms with Crippen LogP contribution in [0.4, 0.5) is 17.6 Å². The van der Waals surface area contributed by atoms with Crippen molar-refractivity contribution in [1.29, 1.82) is 0 Å². The first kappa shape index (κ1) is 19.9. The molecular formula is C17H22BF4NO2. The van der Waals surface area contributed by atoms with E-state index in [1.54, 1.807) is 7.05 Å². The molecule has 1 saturated heterocycles. The zero-order chi connectivity index (χ0) is 19.0. The zero-order valence-corrected chi connectivity index (χ0v) is 14.9. The van der Waals surface area contributed by atoms with Gasteiger partial charge in [-0.1, -0.05) is 18.2 Å². The van der Waals surface area contributed by atoms with Crippen molar-refractivity contribution in [2.75, 3.05) is 13.6 Å². The minimum atomic E-state index is -4.75. The molecule has 0 unspecified atom stereocenters. The number of halogens is 4. The van der Waals surface area contributed by atoms with Gasteiger partial charge in [-0.25, -0.2) is 4.39 Å². The van der Waals surface area contributed by atoms with Crippen molar-refractivity contribution in [3.8, 4) is 0 Å². The van der Waals surface area contributed by atoms with E-state index in [2.05, 4.69) is 5.32 Å². The van der Waals surface area contributed by atoms with Crippen molar-refractivity contribution in [1.82, 2.24) is 5.32 Å². The van der Waals surface area contributed by atoms with Crippen molar-refractivity contribution < 1.29 is 26.9 Å². The number of nitrogens with one attached hydrogen (secondary N) is 1. The summed E-state index contributed by atoms with van der Waals surface area (Å²) < 4.78 is 64.8. The smallest absolute Gasteiger partial charge is 0.400 e. The van der Waals surface area contributed by atoms with Gasteiger partial charge < -0.3 is 14.6 Å². The predicted octanol–water partition coefficient (Wildman–Crippen LogP) is 4.08. The Morgan fingerprint density at radius 2 is 1.72 bits per heavy atom. The van der Waals surface area contributed by atoms with Crippen molar-refractivity contribution in [3.63, 3.8) is 0 Å². The number of rotatable bonds is 4. The van der Waals surface area contributed by atoms with Crippen LogP contribution in [0.2, 0.25) is 0 Å². The van der Waals surface area contributed by atoms with Gasteiger partial charge in [-0.2, -0.15) is 13.2 Å². The van der Waals surface area contributed by atoms with Gasteiger partial charge in [0.2, 0.25) is 0 Å². The first-order valence-corrected chi connectivity index (χ1v) is 7.95. The highest BCUT2D eigenvalue weighted by Crippen LogP contribution is 2.39. The molecule has 1 aromatic rings. The quantitative estimate of drug-likeness (QED) is 0.649. The minimum absolute atomic E-state index is 0.158. The average molecular weight is 359 g/mol. The average Bonchev–Trinajstić information content (AvgIpc) is 2.67. The second-order valence-corrected chi connectivity index (χ2v) is 7.04. The highest BCUT2D eigenvalue weighted by molar-refractivity contribution is 6.55. The molecule has 1 aliphatic rings. The summed E-state index contributed by atoms with van der Waals surface area (Å²) in [5.74, 6) is -1.31. The molecule has 8 heteroatoms. The number of hydrogen-bond acceptors (Lipinski definition) is 3. The van der Waals surface area contributed by atoms with Crippen molar-refractivity contribution in [2.24, 2.45) is 0 Å². The lowest BCUT2D eigenvalue weighted by atomic mass is 9.77. The Balaban J connectivity index is 2.43. The summed E-state index contributed by atoms with van der Waals surface area (Å²) in [5, 5.41) is 2.91.